The van der Waals surface area contributed by atoms with Gasteiger partial charge < -0.3 is 5.73 Å². The van der Waals surface area contributed by atoms with Crippen LogP contribution >= 0.6 is 11.6 Å². The van der Waals surface area contributed by atoms with Crippen LogP contribution in [0, 0.1) is 5.92 Å². The van der Waals surface area contributed by atoms with Gasteiger partial charge in [-0.2, -0.15) is 0 Å². The molecule has 0 saturated heterocycles. The van der Waals surface area contributed by atoms with Gasteiger partial charge in [-0.15, -0.1) is 5.10 Å². The molecule has 158 valence electrons. The summed E-state index contributed by atoms with van der Waals surface area (Å²) in [6, 6.07) is 1.93. The van der Waals surface area contributed by atoms with Gasteiger partial charge in [-0.1, -0.05) is 43.7 Å². The predicted molar refractivity (Wildman–Crippen MR) is 112 cm³/mol. The van der Waals surface area contributed by atoms with Crippen molar-refractivity contribution in [2.24, 2.45) is 5.92 Å². The van der Waals surface area contributed by atoms with E-state index in [1.54, 1.807) is 27.5 Å². The largest absolute Gasteiger partial charge is 0.367 e. The smallest absolute Gasteiger partial charge is 0.238 e. The number of alkyl halides is 2. The zero-order valence-electron chi connectivity index (χ0n) is 16.3. The number of nitrogen functional groups attached to an aromatic ring is 1. The van der Waals surface area contributed by atoms with Crippen molar-refractivity contribution >= 4 is 28.8 Å². The summed E-state index contributed by atoms with van der Waals surface area (Å²) < 4.78 is 27.0. The average Bonchev–Trinajstić information content (AvgIpc) is 3.32. The SMILES string of the molecule is FC(F)CC1CCCCC1.Nc1ncc2c(-c3cnc4ncc(Cl)n4c3)ccn2n1. The van der Waals surface area contributed by atoms with Crippen molar-refractivity contribution in [2.45, 2.75) is 45.0 Å². The van der Waals surface area contributed by atoms with Crippen LogP contribution in [0.1, 0.15) is 38.5 Å². The molecule has 1 aliphatic carbocycles. The molecule has 4 heterocycles. The molecule has 0 aliphatic heterocycles. The minimum Gasteiger partial charge on any atom is -0.367 e. The first kappa shape index (κ1) is 20.5. The van der Waals surface area contributed by atoms with E-state index >= 15 is 0 Å². The van der Waals surface area contributed by atoms with Crippen molar-refractivity contribution in [3.05, 3.63) is 42.2 Å². The minimum atomic E-state index is -2.08. The van der Waals surface area contributed by atoms with Crippen LogP contribution in [0.3, 0.4) is 0 Å². The van der Waals surface area contributed by atoms with Gasteiger partial charge in [-0.25, -0.2) is 28.2 Å². The summed E-state index contributed by atoms with van der Waals surface area (Å²) in [5.41, 5.74) is 8.26. The molecule has 10 heteroatoms. The Hall–Kier alpha value is -2.81. The Morgan fingerprint density at radius 2 is 1.87 bits per heavy atom. The van der Waals surface area contributed by atoms with Gasteiger partial charge in [0.1, 0.15) is 5.15 Å². The van der Waals surface area contributed by atoms with Crippen LogP contribution in [0.25, 0.3) is 22.4 Å². The first-order valence-electron chi connectivity index (χ1n) is 9.88. The van der Waals surface area contributed by atoms with Crippen LogP contribution < -0.4 is 5.73 Å². The fraction of sp³-hybridized carbons (Fsp3) is 0.400. The lowest BCUT2D eigenvalue weighted by atomic mass is 9.87. The van der Waals surface area contributed by atoms with E-state index in [9.17, 15) is 8.78 Å². The highest BCUT2D eigenvalue weighted by molar-refractivity contribution is 6.29. The second-order valence-electron chi connectivity index (χ2n) is 7.40. The summed E-state index contributed by atoms with van der Waals surface area (Å²) in [5.74, 6) is 1.11. The molecule has 4 aromatic rings. The Bertz CT molecular complexity index is 1130. The molecule has 1 aliphatic rings. The third-order valence-corrected chi connectivity index (χ3v) is 5.58. The van der Waals surface area contributed by atoms with Crippen molar-refractivity contribution in [3.63, 3.8) is 0 Å². The van der Waals surface area contributed by atoms with E-state index in [0.717, 1.165) is 42.3 Å². The van der Waals surface area contributed by atoms with Crippen molar-refractivity contribution in [1.82, 2.24) is 29.0 Å². The first-order valence-corrected chi connectivity index (χ1v) is 10.3. The summed E-state index contributed by atoms with van der Waals surface area (Å²) in [6.45, 7) is 0. The molecule has 0 spiro atoms. The second kappa shape index (κ2) is 8.91. The highest BCUT2D eigenvalue weighted by Gasteiger charge is 2.17. The molecular formula is C20H22ClF2N7. The topological polar surface area (TPSA) is 86.4 Å². The second-order valence-corrected chi connectivity index (χ2v) is 7.79. The Kier molecular flexibility index (Phi) is 6.08. The number of imidazole rings is 1. The maximum atomic E-state index is 11.8. The van der Waals surface area contributed by atoms with Gasteiger partial charge in [0, 0.05) is 36.1 Å². The van der Waals surface area contributed by atoms with Gasteiger partial charge >= 0.3 is 0 Å². The number of rotatable bonds is 3. The lowest BCUT2D eigenvalue weighted by Crippen LogP contribution is -2.09. The monoisotopic (exact) mass is 433 g/mol. The fourth-order valence-corrected chi connectivity index (χ4v) is 3.99. The predicted octanol–water partition coefficient (Wildman–Crippen LogP) is 4.90. The Labute approximate surface area is 176 Å². The molecule has 2 N–H and O–H groups in total. The number of nitrogens with zero attached hydrogens (tertiary/aromatic N) is 6. The zero-order valence-corrected chi connectivity index (χ0v) is 17.0. The van der Waals surface area contributed by atoms with Crippen LogP contribution in [0.2, 0.25) is 5.15 Å². The minimum absolute atomic E-state index is 0.139. The van der Waals surface area contributed by atoms with E-state index in [2.05, 4.69) is 20.1 Å². The molecule has 1 fully saturated rings. The zero-order chi connectivity index (χ0) is 21.1. The summed E-state index contributed by atoms with van der Waals surface area (Å²) in [5, 5.41) is 4.62. The third-order valence-electron chi connectivity index (χ3n) is 5.30. The van der Waals surface area contributed by atoms with E-state index in [1.165, 1.54) is 6.42 Å². The molecule has 0 amide bonds. The van der Waals surface area contributed by atoms with E-state index < -0.39 is 6.43 Å². The Balaban J connectivity index is 0.000000185. The van der Waals surface area contributed by atoms with E-state index in [0.29, 0.717) is 16.8 Å². The normalized spacial score (nSPS) is 14.9. The Morgan fingerprint density at radius 1 is 1.10 bits per heavy atom. The van der Waals surface area contributed by atoms with Crippen molar-refractivity contribution in [3.8, 4) is 11.1 Å². The van der Waals surface area contributed by atoms with Crippen LogP contribution in [0.15, 0.2) is 37.1 Å². The molecule has 7 nitrogen and oxygen atoms in total. The summed E-state index contributed by atoms with van der Waals surface area (Å²) in [4.78, 5) is 12.4. The standard InChI is InChI=1S/C12H8ClN7.C8H14F2/c13-10-5-17-12-16-3-7(6-19(10)12)8-1-2-20-9(8)4-15-11(14)18-20;9-8(10)6-7-4-2-1-3-5-7/h1-6H,(H2,14,18);7-8H,1-6H2. The van der Waals surface area contributed by atoms with Crippen molar-refractivity contribution in [2.75, 3.05) is 5.73 Å². The number of fused-ring (bicyclic) bond motifs is 2. The maximum Gasteiger partial charge on any atom is 0.238 e. The van der Waals surface area contributed by atoms with Crippen LogP contribution in [0.5, 0.6) is 0 Å². The molecule has 0 aromatic carbocycles. The molecule has 0 radical (unpaired) electrons. The molecule has 30 heavy (non-hydrogen) atoms. The number of aromatic nitrogens is 6. The first-order chi connectivity index (χ1) is 14.5. The highest BCUT2D eigenvalue weighted by Crippen LogP contribution is 2.28. The molecule has 5 rings (SSSR count). The molecule has 4 aromatic heterocycles. The van der Waals surface area contributed by atoms with Crippen LogP contribution in [-0.4, -0.2) is 35.4 Å². The highest BCUT2D eigenvalue weighted by atomic mass is 35.5. The van der Waals surface area contributed by atoms with Gasteiger partial charge in [-0.3, -0.25) is 4.40 Å². The number of nitrogens with two attached hydrogens (primary N) is 1. The number of anilines is 1. The molecule has 0 atom stereocenters. The summed E-state index contributed by atoms with van der Waals surface area (Å²) in [6.07, 6.45) is 12.4. The molecule has 1 saturated carbocycles. The summed E-state index contributed by atoms with van der Waals surface area (Å²) >= 11 is 6.06. The van der Waals surface area contributed by atoms with Gasteiger partial charge in [0.25, 0.3) is 0 Å². The number of halogens is 3. The van der Waals surface area contributed by atoms with E-state index in [-0.39, 0.29) is 12.4 Å². The van der Waals surface area contributed by atoms with Gasteiger partial charge in [0.05, 0.1) is 17.9 Å². The van der Waals surface area contributed by atoms with Crippen LogP contribution in [-0.2, 0) is 0 Å². The van der Waals surface area contributed by atoms with Crippen LogP contribution in [0.4, 0.5) is 14.7 Å². The average molecular weight is 434 g/mol. The van der Waals surface area contributed by atoms with Crippen molar-refractivity contribution in [1.29, 1.82) is 0 Å². The quantitative estimate of drug-likeness (QED) is 0.496. The van der Waals surface area contributed by atoms with E-state index in [1.807, 2.05) is 18.5 Å². The maximum absolute atomic E-state index is 11.8. The van der Waals surface area contributed by atoms with E-state index in [4.69, 9.17) is 17.3 Å². The van der Waals surface area contributed by atoms with Gasteiger partial charge in [0.15, 0.2) is 0 Å². The molecule has 0 bridgehead atoms. The number of hydrogen-bond acceptors (Lipinski definition) is 5. The van der Waals surface area contributed by atoms with Crippen molar-refractivity contribution < 1.29 is 8.78 Å². The van der Waals surface area contributed by atoms with Gasteiger partial charge in [-0.05, 0) is 12.0 Å². The lowest BCUT2D eigenvalue weighted by Gasteiger charge is -2.20. The fourth-order valence-electron chi connectivity index (χ4n) is 3.82. The third kappa shape index (κ3) is 4.51. The summed E-state index contributed by atoms with van der Waals surface area (Å²) in [7, 11) is 0. The van der Waals surface area contributed by atoms with Gasteiger partial charge in [0.2, 0.25) is 18.2 Å². The molecular weight excluding hydrogens is 412 g/mol. The number of hydrogen-bond donors (Lipinski definition) is 1. The lowest BCUT2D eigenvalue weighted by molar-refractivity contribution is 0.104. The molecule has 0 unspecified atom stereocenters. The Morgan fingerprint density at radius 3 is 2.63 bits per heavy atom.